The largest absolute Gasteiger partial charge is 0.480 e. The number of rotatable bonds is 4. The van der Waals surface area contributed by atoms with E-state index in [1.54, 1.807) is 0 Å². The zero-order valence-corrected chi connectivity index (χ0v) is 17.4. The predicted octanol–water partition coefficient (Wildman–Crippen LogP) is 1.93. The Kier molecular flexibility index (Phi) is 8.88. The molecule has 32 heavy (non-hydrogen) atoms. The minimum atomic E-state index is -2.61. The molecule has 0 aliphatic heterocycles. The van der Waals surface area contributed by atoms with E-state index in [1.165, 1.54) is 25.7 Å². The van der Waals surface area contributed by atoms with Crippen molar-refractivity contribution in [3.63, 3.8) is 0 Å². The van der Waals surface area contributed by atoms with Crippen molar-refractivity contribution >= 4 is 41.1 Å². The van der Waals surface area contributed by atoms with Crippen molar-refractivity contribution in [3.05, 3.63) is 64.6 Å². The molecule has 2 N–H and O–H groups in total. The Morgan fingerprint density at radius 3 is 1.59 bits per heavy atom. The van der Waals surface area contributed by atoms with E-state index in [4.69, 9.17) is 37.5 Å². The molecule has 168 valence electrons. The molecular formula is C17H14Cl2N6O7. The smallest absolute Gasteiger partial charge is 0.358 e. The first-order chi connectivity index (χ1) is 16.3. The third kappa shape index (κ3) is 9.23. The van der Waals surface area contributed by atoms with E-state index in [0.717, 1.165) is 18.6 Å². The number of carbonyl (C=O) groups excluding carboxylic acids is 1. The summed E-state index contributed by atoms with van der Waals surface area (Å²) in [5.74, 6) is -3.11. The number of ether oxygens (including phenoxy) is 2. The van der Waals surface area contributed by atoms with Crippen molar-refractivity contribution in [1.82, 2.24) is 29.9 Å². The van der Waals surface area contributed by atoms with Gasteiger partial charge in [0.25, 0.3) is 0 Å². The van der Waals surface area contributed by atoms with Crippen LogP contribution in [0.2, 0.25) is 10.3 Å². The van der Waals surface area contributed by atoms with E-state index >= 15 is 0 Å². The molecule has 13 nitrogen and oxygen atoms in total. The van der Waals surface area contributed by atoms with E-state index in [0.29, 0.717) is 0 Å². The van der Waals surface area contributed by atoms with Crippen molar-refractivity contribution in [1.29, 1.82) is 0 Å². The second-order valence-electron chi connectivity index (χ2n) is 4.89. The van der Waals surface area contributed by atoms with Crippen LogP contribution in [0.25, 0.3) is 0 Å². The van der Waals surface area contributed by atoms with Gasteiger partial charge in [-0.05, 0) is 0 Å². The molecule has 3 heterocycles. The quantitative estimate of drug-likeness (QED) is 0.508. The van der Waals surface area contributed by atoms with Gasteiger partial charge in [-0.15, -0.1) is 0 Å². The molecule has 3 rings (SSSR count). The van der Waals surface area contributed by atoms with Crippen LogP contribution in [-0.2, 0) is 4.74 Å². The van der Waals surface area contributed by atoms with Crippen LogP contribution in [0.3, 0.4) is 0 Å². The minimum Gasteiger partial charge on any atom is -0.480 e. The number of aromatic nitrogens is 6. The molecule has 0 unspecified atom stereocenters. The maximum absolute atomic E-state index is 10.8. The summed E-state index contributed by atoms with van der Waals surface area (Å²) in [5, 5.41) is 17.2. The Morgan fingerprint density at radius 1 is 0.781 bits per heavy atom. The normalized spacial score (nSPS) is 11.0. The molecule has 0 saturated heterocycles. The fourth-order valence-corrected chi connectivity index (χ4v) is 1.62. The number of carboxylic acids is 2. The Bertz CT molecular complexity index is 1130. The number of hydrogen-bond donors (Lipinski definition) is 2. The number of esters is 1. The van der Waals surface area contributed by atoms with Gasteiger partial charge < -0.3 is 19.7 Å². The van der Waals surface area contributed by atoms with Crippen molar-refractivity contribution in [2.24, 2.45) is 0 Å². The highest BCUT2D eigenvalue weighted by Gasteiger charge is 2.06. The van der Waals surface area contributed by atoms with Gasteiger partial charge >= 0.3 is 17.9 Å². The van der Waals surface area contributed by atoms with Crippen LogP contribution in [0.4, 0.5) is 0 Å². The molecular weight excluding hydrogens is 471 g/mol. The van der Waals surface area contributed by atoms with Gasteiger partial charge in [-0.1, -0.05) is 23.2 Å². The lowest BCUT2D eigenvalue weighted by Crippen LogP contribution is -2.04. The van der Waals surface area contributed by atoms with Crippen LogP contribution in [0.15, 0.2) is 37.2 Å². The molecule has 0 bridgehead atoms. The standard InChI is InChI=1S/C6H5ClN2O2.C6H6N2O3.C5H3ClN2O2/c1-11-6(10)4-2-9-5(7)3-8-4;1-11-5-3-7-4(2-8-5)6(9)10;6-4-2-7-3(1-8-4)5(9)10/h2-3H,1H3;2-3H,1H3,(H,9,10);1-2H,(H,9,10)/i;1D3;. The van der Waals surface area contributed by atoms with Gasteiger partial charge in [-0.2, -0.15) is 0 Å². The van der Waals surface area contributed by atoms with E-state index < -0.39 is 24.9 Å². The number of methoxy groups -OCH3 is 2. The average molecular weight is 488 g/mol. The van der Waals surface area contributed by atoms with Crippen LogP contribution in [0.1, 0.15) is 35.6 Å². The van der Waals surface area contributed by atoms with Crippen molar-refractivity contribution in [2.75, 3.05) is 14.1 Å². The molecule has 0 amide bonds. The summed E-state index contributed by atoms with van der Waals surface area (Å²) in [7, 11) is -1.34. The van der Waals surface area contributed by atoms with Gasteiger partial charge in [-0.25, -0.2) is 44.3 Å². The molecule has 0 aliphatic rings. The molecule has 0 spiro atoms. The molecule has 0 radical (unpaired) electrons. The summed E-state index contributed by atoms with van der Waals surface area (Å²) in [6.45, 7) is 0. The molecule has 0 fully saturated rings. The lowest BCUT2D eigenvalue weighted by molar-refractivity contribution is 0.0591. The summed E-state index contributed by atoms with van der Waals surface area (Å²) in [4.78, 5) is 52.5. The Labute approximate surface area is 194 Å². The van der Waals surface area contributed by atoms with Crippen LogP contribution >= 0.6 is 23.2 Å². The molecule has 0 aromatic carbocycles. The average Bonchev–Trinajstić information content (AvgIpc) is 2.79. The zero-order chi connectivity index (χ0) is 26.6. The maximum Gasteiger partial charge on any atom is 0.358 e. The SMILES string of the molecule is COC(=O)c1cnc(Cl)cn1.O=C(O)c1cnc(Cl)cn1.[2H]C([2H])([2H])Oc1cnc(C(=O)O)cn1. The van der Waals surface area contributed by atoms with Crippen LogP contribution < -0.4 is 4.74 Å². The lowest BCUT2D eigenvalue weighted by Gasteiger charge is -1.96. The molecule has 15 heteroatoms. The van der Waals surface area contributed by atoms with Crippen molar-refractivity contribution in [2.45, 2.75) is 0 Å². The minimum absolute atomic E-state index is 0.107. The fraction of sp³-hybridized carbons (Fsp3) is 0.118. The highest BCUT2D eigenvalue weighted by Crippen LogP contribution is 2.03. The first-order valence-electron chi connectivity index (χ1n) is 9.33. The van der Waals surface area contributed by atoms with Gasteiger partial charge in [-0.3, -0.25) is 0 Å². The summed E-state index contributed by atoms with van der Waals surface area (Å²) in [6, 6.07) is 0. The summed E-state index contributed by atoms with van der Waals surface area (Å²) < 4.78 is 29.0. The summed E-state index contributed by atoms with van der Waals surface area (Å²) in [6.07, 6.45) is 6.69. The van der Waals surface area contributed by atoms with Crippen LogP contribution in [0, 0.1) is 0 Å². The summed E-state index contributed by atoms with van der Waals surface area (Å²) >= 11 is 10.8. The van der Waals surface area contributed by atoms with Gasteiger partial charge in [0.05, 0.1) is 55.4 Å². The molecule has 0 aliphatic carbocycles. The molecule has 3 aromatic rings. The number of halogens is 2. The Balaban J connectivity index is 0.000000267. The van der Waals surface area contributed by atoms with E-state index in [1.807, 2.05) is 0 Å². The molecule has 0 atom stereocenters. The third-order valence-corrected chi connectivity index (χ3v) is 3.20. The van der Waals surface area contributed by atoms with E-state index in [-0.39, 0.29) is 33.3 Å². The predicted molar refractivity (Wildman–Crippen MR) is 108 cm³/mol. The fourth-order valence-electron chi connectivity index (χ4n) is 1.42. The lowest BCUT2D eigenvalue weighted by atomic mass is 10.5. The number of carboxylic acid groups (broad SMARTS) is 2. The second-order valence-corrected chi connectivity index (χ2v) is 5.67. The highest BCUT2D eigenvalue weighted by molar-refractivity contribution is 6.29. The third-order valence-electron chi connectivity index (χ3n) is 2.81. The second kappa shape index (κ2) is 13.4. The number of carbonyl (C=O) groups is 3. The zero-order valence-electron chi connectivity index (χ0n) is 18.8. The molecule has 0 saturated carbocycles. The Hall–Kier alpha value is -3.97. The van der Waals surface area contributed by atoms with Gasteiger partial charge in [0, 0.05) is 0 Å². The first kappa shape index (κ1) is 21.3. The maximum atomic E-state index is 10.8. The monoisotopic (exact) mass is 487 g/mol. The Morgan fingerprint density at radius 2 is 1.25 bits per heavy atom. The number of aromatic carboxylic acids is 2. The van der Waals surface area contributed by atoms with E-state index in [2.05, 4.69) is 39.4 Å². The van der Waals surface area contributed by atoms with Gasteiger partial charge in [0.2, 0.25) is 5.88 Å². The number of nitrogens with zero attached hydrogens (tertiary/aromatic N) is 6. The molecule has 3 aromatic heterocycles. The van der Waals surface area contributed by atoms with Crippen LogP contribution in [0.5, 0.6) is 5.88 Å². The highest BCUT2D eigenvalue weighted by atomic mass is 35.5. The van der Waals surface area contributed by atoms with Gasteiger partial charge in [0.15, 0.2) is 17.1 Å². The number of hydrogen-bond acceptors (Lipinski definition) is 11. The first-order valence-corrected chi connectivity index (χ1v) is 8.59. The summed E-state index contributed by atoms with van der Waals surface area (Å²) in [5.41, 5.74) is -0.232. The van der Waals surface area contributed by atoms with Crippen molar-refractivity contribution in [3.8, 4) is 5.88 Å². The van der Waals surface area contributed by atoms with Crippen molar-refractivity contribution < 1.29 is 38.2 Å². The topological polar surface area (TPSA) is 187 Å². The van der Waals surface area contributed by atoms with Gasteiger partial charge in [0.1, 0.15) is 10.3 Å². The van der Waals surface area contributed by atoms with E-state index in [9.17, 15) is 14.4 Å². The van der Waals surface area contributed by atoms with Crippen LogP contribution in [-0.4, -0.2) is 72.2 Å².